The molecule has 16 heavy (non-hydrogen) atoms. The molecule has 0 heterocycles. The van der Waals surface area contributed by atoms with Crippen LogP contribution in [0.1, 0.15) is 24.9 Å². The van der Waals surface area contributed by atoms with Gasteiger partial charge in [0.05, 0.1) is 13.0 Å². The lowest BCUT2D eigenvalue weighted by atomic mass is 10.1. The smallest absolute Gasteiger partial charge is 0.220 e. The van der Waals surface area contributed by atoms with Crippen LogP contribution in [0.4, 0.5) is 4.39 Å². The molecule has 1 rings (SSSR count). The molecule has 1 unspecified atom stereocenters. The number of ether oxygens (including phenoxy) is 1. The second-order valence-electron chi connectivity index (χ2n) is 3.54. The highest BCUT2D eigenvalue weighted by atomic mass is 19.1. The summed E-state index contributed by atoms with van der Waals surface area (Å²) in [4.78, 5) is 10.4. The van der Waals surface area contributed by atoms with Crippen LogP contribution in [0.2, 0.25) is 0 Å². The molecule has 4 N–H and O–H groups in total. The predicted molar refractivity (Wildman–Crippen MR) is 58.3 cm³/mol. The van der Waals surface area contributed by atoms with E-state index in [2.05, 4.69) is 0 Å². The second kappa shape index (κ2) is 5.46. The Balaban J connectivity index is 2.64. The number of carbonyl (C=O) groups is 1. The van der Waals surface area contributed by atoms with Crippen molar-refractivity contribution in [3.05, 3.63) is 29.6 Å². The van der Waals surface area contributed by atoms with Crippen LogP contribution in [0, 0.1) is 5.82 Å². The van der Waals surface area contributed by atoms with E-state index in [-0.39, 0.29) is 24.8 Å². The van der Waals surface area contributed by atoms with E-state index in [0.717, 1.165) is 0 Å². The first-order valence-corrected chi connectivity index (χ1v) is 4.97. The number of hydrogen-bond acceptors (Lipinski definition) is 3. The van der Waals surface area contributed by atoms with Crippen molar-refractivity contribution in [1.29, 1.82) is 0 Å². The van der Waals surface area contributed by atoms with Crippen molar-refractivity contribution in [3.8, 4) is 5.75 Å². The van der Waals surface area contributed by atoms with Crippen LogP contribution in [0.25, 0.3) is 0 Å². The summed E-state index contributed by atoms with van der Waals surface area (Å²) in [5.41, 5.74) is 11.2. The van der Waals surface area contributed by atoms with E-state index in [9.17, 15) is 9.18 Å². The molecule has 0 fully saturated rings. The van der Waals surface area contributed by atoms with Crippen LogP contribution in [-0.2, 0) is 4.79 Å². The van der Waals surface area contributed by atoms with Crippen molar-refractivity contribution >= 4 is 5.91 Å². The van der Waals surface area contributed by atoms with E-state index in [1.54, 1.807) is 13.0 Å². The lowest BCUT2D eigenvalue weighted by Crippen LogP contribution is -2.15. The molecule has 1 aromatic rings. The van der Waals surface area contributed by atoms with E-state index in [4.69, 9.17) is 16.2 Å². The summed E-state index contributed by atoms with van der Waals surface area (Å²) < 4.78 is 18.5. The second-order valence-corrected chi connectivity index (χ2v) is 3.54. The molecule has 0 aliphatic rings. The Morgan fingerprint density at radius 1 is 1.56 bits per heavy atom. The minimum Gasteiger partial charge on any atom is -0.490 e. The molecule has 88 valence electrons. The zero-order valence-corrected chi connectivity index (χ0v) is 9.07. The zero-order valence-electron chi connectivity index (χ0n) is 9.07. The third-order valence-electron chi connectivity index (χ3n) is 2.09. The molecule has 0 aliphatic heterocycles. The van der Waals surface area contributed by atoms with E-state index < -0.39 is 11.7 Å². The van der Waals surface area contributed by atoms with E-state index in [0.29, 0.717) is 5.56 Å². The van der Waals surface area contributed by atoms with Crippen LogP contribution < -0.4 is 16.2 Å². The van der Waals surface area contributed by atoms with E-state index in [1.807, 2.05) is 0 Å². The van der Waals surface area contributed by atoms with Gasteiger partial charge in [-0.1, -0.05) is 6.07 Å². The molecule has 0 spiro atoms. The van der Waals surface area contributed by atoms with Crippen LogP contribution >= 0.6 is 0 Å². The standard InChI is InChI=1S/C11H15FN2O2/c1-7(13)8-2-3-10(9(12)6-8)16-5-4-11(14)15/h2-3,6-7H,4-5,13H2,1H3,(H2,14,15). The minimum absolute atomic E-state index is 0.0640. The summed E-state index contributed by atoms with van der Waals surface area (Å²) in [6.07, 6.45) is 0.0640. The third-order valence-corrected chi connectivity index (χ3v) is 2.09. The minimum atomic E-state index is -0.487. The van der Waals surface area contributed by atoms with Gasteiger partial charge in [-0.25, -0.2) is 4.39 Å². The summed E-state index contributed by atoms with van der Waals surface area (Å²) in [5, 5.41) is 0. The Labute approximate surface area is 93.4 Å². The molecule has 0 saturated heterocycles. The molecule has 1 aromatic carbocycles. The first-order valence-electron chi connectivity index (χ1n) is 4.97. The number of primary amides is 1. The highest BCUT2D eigenvalue weighted by Gasteiger charge is 2.07. The maximum Gasteiger partial charge on any atom is 0.220 e. The highest BCUT2D eigenvalue weighted by molar-refractivity contribution is 5.73. The average molecular weight is 226 g/mol. The molecular weight excluding hydrogens is 211 g/mol. The van der Waals surface area contributed by atoms with Gasteiger partial charge in [-0.05, 0) is 24.6 Å². The Bertz CT molecular complexity index is 380. The Morgan fingerprint density at radius 3 is 2.75 bits per heavy atom. The Kier molecular flexibility index (Phi) is 4.25. The van der Waals surface area contributed by atoms with Crippen molar-refractivity contribution in [2.75, 3.05) is 6.61 Å². The van der Waals surface area contributed by atoms with Gasteiger partial charge in [0.2, 0.25) is 5.91 Å². The quantitative estimate of drug-likeness (QED) is 0.789. The first kappa shape index (κ1) is 12.4. The maximum atomic E-state index is 13.4. The van der Waals surface area contributed by atoms with E-state index >= 15 is 0 Å². The van der Waals surface area contributed by atoms with Crippen molar-refractivity contribution in [1.82, 2.24) is 0 Å². The molecule has 0 saturated carbocycles. The van der Waals surface area contributed by atoms with Crippen molar-refractivity contribution < 1.29 is 13.9 Å². The summed E-state index contributed by atoms with van der Waals surface area (Å²) in [7, 11) is 0. The summed E-state index contributed by atoms with van der Waals surface area (Å²) >= 11 is 0. The number of carbonyl (C=O) groups excluding carboxylic acids is 1. The average Bonchev–Trinajstić information content (AvgIpc) is 2.19. The number of benzene rings is 1. The van der Waals surface area contributed by atoms with Crippen LogP contribution in [0.3, 0.4) is 0 Å². The van der Waals surface area contributed by atoms with Crippen LogP contribution in [0.15, 0.2) is 18.2 Å². The van der Waals surface area contributed by atoms with Gasteiger partial charge in [-0.3, -0.25) is 4.79 Å². The normalized spacial score (nSPS) is 12.2. The van der Waals surface area contributed by atoms with Gasteiger partial charge in [-0.15, -0.1) is 0 Å². The molecule has 1 amide bonds. The molecule has 5 heteroatoms. The first-order chi connectivity index (χ1) is 7.50. The van der Waals surface area contributed by atoms with Gasteiger partial charge in [0.25, 0.3) is 0 Å². The predicted octanol–water partition coefficient (Wildman–Crippen LogP) is 1.10. The lowest BCUT2D eigenvalue weighted by Gasteiger charge is -2.09. The number of amides is 1. The van der Waals surface area contributed by atoms with Crippen molar-refractivity contribution in [2.45, 2.75) is 19.4 Å². The Hall–Kier alpha value is -1.62. The maximum absolute atomic E-state index is 13.4. The fourth-order valence-corrected chi connectivity index (χ4v) is 1.18. The van der Waals surface area contributed by atoms with Gasteiger partial charge in [-0.2, -0.15) is 0 Å². The van der Waals surface area contributed by atoms with Gasteiger partial charge in [0.15, 0.2) is 11.6 Å². The zero-order chi connectivity index (χ0) is 12.1. The molecule has 0 aliphatic carbocycles. The summed E-state index contributed by atoms with van der Waals surface area (Å²) in [6.45, 7) is 1.84. The number of rotatable bonds is 5. The number of nitrogens with two attached hydrogens (primary N) is 2. The topological polar surface area (TPSA) is 78.3 Å². The third kappa shape index (κ3) is 3.51. The number of halogens is 1. The molecule has 0 radical (unpaired) electrons. The molecule has 0 bridgehead atoms. The highest BCUT2D eigenvalue weighted by Crippen LogP contribution is 2.21. The fourth-order valence-electron chi connectivity index (χ4n) is 1.18. The molecule has 0 aromatic heterocycles. The van der Waals surface area contributed by atoms with Crippen LogP contribution in [-0.4, -0.2) is 12.5 Å². The van der Waals surface area contributed by atoms with Crippen LogP contribution in [0.5, 0.6) is 5.75 Å². The monoisotopic (exact) mass is 226 g/mol. The van der Waals surface area contributed by atoms with Gasteiger partial charge in [0.1, 0.15) is 0 Å². The van der Waals surface area contributed by atoms with Gasteiger partial charge < -0.3 is 16.2 Å². The molecular formula is C11H15FN2O2. The molecule has 1 atom stereocenters. The lowest BCUT2D eigenvalue weighted by molar-refractivity contribution is -0.118. The Morgan fingerprint density at radius 2 is 2.25 bits per heavy atom. The summed E-state index contributed by atoms with van der Waals surface area (Å²) in [6, 6.07) is 4.28. The van der Waals surface area contributed by atoms with Gasteiger partial charge >= 0.3 is 0 Å². The number of hydrogen-bond donors (Lipinski definition) is 2. The molecule has 4 nitrogen and oxygen atoms in total. The largest absolute Gasteiger partial charge is 0.490 e. The van der Waals surface area contributed by atoms with E-state index in [1.165, 1.54) is 12.1 Å². The van der Waals surface area contributed by atoms with Gasteiger partial charge in [0, 0.05) is 6.04 Å². The SMILES string of the molecule is CC(N)c1ccc(OCCC(N)=O)c(F)c1. The summed E-state index contributed by atoms with van der Waals surface area (Å²) in [5.74, 6) is -0.863. The fraction of sp³-hybridized carbons (Fsp3) is 0.364. The van der Waals surface area contributed by atoms with Crippen molar-refractivity contribution in [3.63, 3.8) is 0 Å². The van der Waals surface area contributed by atoms with Crippen molar-refractivity contribution in [2.24, 2.45) is 11.5 Å².